The van der Waals surface area contributed by atoms with Crippen molar-refractivity contribution in [2.24, 2.45) is 5.92 Å². The van der Waals surface area contributed by atoms with Crippen LogP contribution >= 0.6 is 23.2 Å². The molecule has 2 atom stereocenters. The number of carbonyl (C=O) groups excluding carboxylic acids is 1. The molecule has 0 bridgehead atoms. The highest BCUT2D eigenvalue weighted by molar-refractivity contribution is 7.96. The summed E-state index contributed by atoms with van der Waals surface area (Å²) in [6, 6.07) is 3.88. The molecule has 1 aliphatic rings. The first-order valence-electron chi connectivity index (χ1n) is 8.32. The molecule has 6 nitrogen and oxygen atoms in total. The van der Waals surface area contributed by atoms with Crippen LogP contribution in [0.2, 0.25) is 10.0 Å². The van der Waals surface area contributed by atoms with Crippen LogP contribution in [0.15, 0.2) is 23.1 Å². The average molecular weight is 457 g/mol. The second-order valence-electron chi connectivity index (χ2n) is 7.62. The van der Waals surface area contributed by atoms with Crippen LogP contribution in [0.1, 0.15) is 33.6 Å². The van der Waals surface area contributed by atoms with Crippen LogP contribution in [0.5, 0.6) is 0 Å². The Hall–Kier alpha value is -0.830. The van der Waals surface area contributed by atoms with E-state index in [1.807, 2.05) is 0 Å². The molecule has 1 fully saturated rings. The van der Waals surface area contributed by atoms with Crippen LogP contribution in [-0.2, 0) is 29.2 Å². The first kappa shape index (κ1) is 22.5. The van der Waals surface area contributed by atoms with E-state index in [4.69, 9.17) is 27.9 Å². The smallest absolute Gasteiger partial charge is 0.306 e. The molecule has 0 aromatic heterocycles. The third-order valence-corrected chi connectivity index (χ3v) is 9.18. The summed E-state index contributed by atoms with van der Waals surface area (Å²) in [5.41, 5.74) is -0.662. The van der Waals surface area contributed by atoms with Gasteiger partial charge >= 0.3 is 5.97 Å². The van der Waals surface area contributed by atoms with Gasteiger partial charge in [-0.25, -0.2) is 16.8 Å². The predicted octanol–water partition coefficient (Wildman–Crippen LogP) is 3.30. The molecule has 152 valence electrons. The van der Waals surface area contributed by atoms with Crippen molar-refractivity contribution >= 4 is 48.8 Å². The molecule has 27 heavy (non-hydrogen) atoms. The molecule has 0 N–H and O–H groups in total. The molecule has 1 saturated heterocycles. The van der Waals surface area contributed by atoms with Crippen LogP contribution in [0, 0.1) is 5.92 Å². The van der Waals surface area contributed by atoms with Gasteiger partial charge in [0.25, 0.3) is 0 Å². The first-order valence-corrected chi connectivity index (χ1v) is 12.4. The van der Waals surface area contributed by atoms with E-state index in [1.54, 1.807) is 20.8 Å². The summed E-state index contributed by atoms with van der Waals surface area (Å²) in [6.07, 6.45) is 0.0597. The van der Waals surface area contributed by atoms with E-state index < -0.39 is 48.2 Å². The molecule has 0 amide bonds. The summed E-state index contributed by atoms with van der Waals surface area (Å²) < 4.78 is 55.4. The Bertz CT molecular complexity index is 933. The average Bonchev–Trinajstić information content (AvgIpc) is 2.82. The molecule has 2 rings (SSSR count). The Kier molecular flexibility index (Phi) is 6.56. The van der Waals surface area contributed by atoms with Gasteiger partial charge in [-0.15, -0.1) is 0 Å². The Morgan fingerprint density at radius 3 is 2.37 bits per heavy atom. The van der Waals surface area contributed by atoms with Gasteiger partial charge in [0.2, 0.25) is 0 Å². The lowest BCUT2D eigenvalue weighted by Crippen LogP contribution is -2.30. The van der Waals surface area contributed by atoms with Crippen molar-refractivity contribution in [3.63, 3.8) is 0 Å². The number of rotatable bonds is 5. The number of benzene rings is 1. The summed E-state index contributed by atoms with van der Waals surface area (Å²) in [5.74, 6) is -1.94. The Balaban J connectivity index is 2.24. The lowest BCUT2D eigenvalue weighted by molar-refractivity contribution is -0.155. The fraction of sp³-hybridized carbons (Fsp3) is 0.588. The molecule has 1 aliphatic heterocycles. The van der Waals surface area contributed by atoms with Crippen molar-refractivity contribution in [2.45, 2.75) is 49.4 Å². The van der Waals surface area contributed by atoms with E-state index in [0.717, 1.165) is 0 Å². The molecule has 0 saturated carbocycles. The number of sulfone groups is 2. The molecule has 1 aromatic rings. The molecular formula is C17H22Cl2O6S2. The van der Waals surface area contributed by atoms with Crippen LogP contribution in [0.4, 0.5) is 0 Å². The Morgan fingerprint density at radius 1 is 1.19 bits per heavy atom. The number of hydrogen-bond acceptors (Lipinski definition) is 6. The first-order chi connectivity index (χ1) is 12.2. The number of hydrogen-bond donors (Lipinski definition) is 0. The minimum absolute atomic E-state index is 0.0507. The van der Waals surface area contributed by atoms with Crippen LogP contribution < -0.4 is 0 Å². The highest BCUT2D eigenvalue weighted by atomic mass is 35.5. The van der Waals surface area contributed by atoms with Gasteiger partial charge in [0.1, 0.15) is 5.60 Å². The zero-order valence-corrected chi connectivity index (χ0v) is 18.4. The van der Waals surface area contributed by atoms with E-state index in [2.05, 4.69) is 0 Å². The van der Waals surface area contributed by atoms with Gasteiger partial charge in [-0.2, -0.15) is 0 Å². The maximum absolute atomic E-state index is 13.0. The zero-order chi connectivity index (χ0) is 20.6. The van der Waals surface area contributed by atoms with Gasteiger partial charge in [0, 0.05) is 6.42 Å². The second kappa shape index (κ2) is 7.89. The lowest BCUT2D eigenvalue weighted by Gasteiger charge is -2.21. The maximum Gasteiger partial charge on any atom is 0.306 e. The zero-order valence-electron chi connectivity index (χ0n) is 15.2. The molecular weight excluding hydrogens is 435 g/mol. The minimum Gasteiger partial charge on any atom is -0.460 e. The number of ether oxygens (including phenoxy) is 1. The van der Waals surface area contributed by atoms with Crippen molar-refractivity contribution in [1.82, 2.24) is 0 Å². The van der Waals surface area contributed by atoms with Gasteiger partial charge in [-0.3, -0.25) is 4.79 Å². The highest BCUT2D eigenvalue weighted by Crippen LogP contribution is 2.35. The number of carbonyl (C=O) groups is 1. The van der Waals surface area contributed by atoms with Crippen LogP contribution in [-0.4, -0.2) is 45.2 Å². The van der Waals surface area contributed by atoms with Crippen molar-refractivity contribution in [1.29, 1.82) is 0 Å². The van der Waals surface area contributed by atoms with Crippen LogP contribution in [0.3, 0.4) is 0 Å². The third-order valence-electron chi connectivity index (χ3n) is 4.17. The SMILES string of the molecule is CC(C)(C)OC(=O)CC[C@H]1CS(=O)(=O)C[C@@H]1S(=O)(=O)c1ccc(Cl)c(Cl)c1. The second-order valence-corrected chi connectivity index (χ2v) is 12.8. The summed E-state index contributed by atoms with van der Waals surface area (Å²) in [4.78, 5) is 11.8. The van der Waals surface area contributed by atoms with Gasteiger partial charge in [-0.1, -0.05) is 23.2 Å². The van der Waals surface area contributed by atoms with Crippen LogP contribution in [0.25, 0.3) is 0 Å². The topological polar surface area (TPSA) is 94.6 Å². The quantitative estimate of drug-likeness (QED) is 0.630. The van der Waals surface area contributed by atoms with E-state index in [-0.39, 0.29) is 33.5 Å². The van der Waals surface area contributed by atoms with Crippen molar-refractivity contribution < 1.29 is 26.4 Å². The van der Waals surface area contributed by atoms with E-state index in [1.165, 1.54) is 18.2 Å². The third kappa shape index (κ3) is 5.82. The summed E-state index contributed by atoms with van der Waals surface area (Å²) in [5, 5.41) is -0.859. The summed E-state index contributed by atoms with van der Waals surface area (Å²) in [6.45, 7) is 5.17. The number of esters is 1. The normalized spacial score (nSPS) is 22.6. The van der Waals surface area contributed by atoms with E-state index >= 15 is 0 Å². The number of halogens is 2. The molecule has 0 unspecified atom stereocenters. The van der Waals surface area contributed by atoms with Gasteiger partial charge < -0.3 is 4.74 Å². The summed E-state index contributed by atoms with van der Waals surface area (Å²) >= 11 is 11.7. The molecule has 1 aromatic carbocycles. The Morgan fingerprint density at radius 2 is 1.81 bits per heavy atom. The van der Waals surface area contributed by atoms with E-state index in [9.17, 15) is 21.6 Å². The molecule has 0 aliphatic carbocycles. The van der Waals surface area contributed by atoms with Gasteiger partial charge in [0.15, 0.2) is 19.7 Å². The molecule has 0 radical (unpaired) electrons. The fourth-order valence-corrected chi connectivity index (χ4v) is 8.44. The molecule has 10 heteroatoms. The molecule has 0 spiro atoms. The predicted molar refractivity (Wildman–Crippen MR) is 105 cm³/mol. The van der Waals surface area contributed by atoms with Crippen molar-refractivity contribution in [3.05, 3.63) is 28.2 Å². The van der Waals surface area contributed by atoms with Gasteiger partial charge in [-0.05, 0) is 51.3 Å². The minimum atomic E-state index is -3.96. The Labute approximate surface area is 170 Å². The lowest BCUT2D eigenvalue weighted by atomic mass is 10.0. The molecule has 1 heterocycles. The largest absolute Gasteiger partial charge is 0.460 e. The van der Waals surface area contributed by atoms with Crippen molar-refractivity contribution in [2.75, 3.05) is 11.5 Å². The fourth-order valence-electron chi connectivity index (χ4n) is 3.02. The standard InChI is InChI=1S/C17H22Cl2O6S2/c1-17(2,3)25-16(20)7-4-11-9-26(21,22)10-15(11)27(23,24)12-5-6-13(18)14(19)8-12/h5-6,8,11,15H,4,7,9-10H2,1-3H3/t11-,15-/m0/s1. The highest BCUT2D eigenvalue weighted by Gasteiger charge is 2.45. The van der Waals surface area contributed by atoms with Gasteiger partial charge in [0.05, 0.1) is 31.7 Å². The maximum atomic E-state index is 13.0. The van der Waals surface area contributed by atoms with E-state index in [0.29, 0.717) is 0 Å². The summed E-state index contributed by atoms with van der Waals surface area (Å²) in [7, 11) is -7.48. The van der Waals surface area contributed by atoms with Crippen molar-refractivity contribution in [3.8, 4) is 0 Å². The monoisotopic (exact) mass is 456 g/mol.